The van der Waals surface area contributed by atoms with Gasteiger partial charge in [0.1, 0.15) is 0 Å². The summed E-state index contributed by atoms with van der Waals surface area (Å²) < 4.78 is 0. The number of benzene rings is 2. The SMILES string of the molecule is CC(=O)N(O)c1ccc(CCc2ccccc2)cc1. The monoisotopic (exact) mass is 255 g/mol. The van der Waals surface area contributed by atoms with E-state index >= 15 is 0 Å². The van der Waals surface area contributed by atoms with Crippen molar-refractivity contribution in [2.24, 2.45) is 0 Å². The number of aryl methyl sites for hydroxylation is 2. The van der Waals surface area contributed by atoms with Gasteiger partial charge in [0.2, 0.25) is 5.91 Å². The lowest BCUT2D eigenvalue weighted by Crippen LogP contribution is -2.23. The highest BCUT2D eigenvalue weighted by atomic mass is 16.5. The maximum Gasteiger partial charge on any atom is 0.247 e. The summed E-state index contributed by atoms with van der Waals surface area (Å²) in [5, 5.41) is 10.1. The minimum atomic E-state index is -0.392. The largest absolute Gasteiger partial charge is 0.281 e. The zero-order chi connectivity index (χ0) is 13.7. The summed E-state index contributed by atoms with van der Waals surface area (Å²) >= 11 is 0. The highest BCUT2D eigenvalue weighted by Gasteiger charge is 2.07. The first-order valence-corrected chi connectivity index (χ1v) is 6.29. The predicted octanol–water partition coefficient (Wildman–Crippen LogP) is 3.21. The van der Waals surface area contributed by atoms with Gasteiger partial charge in [0.05, 0.1) is 5.69 Å². The number of hydroxylamine groups is 1. The molecule has 2 aromatic rings. The topological polar surface area (TPSA) is 40.5 Å². The molecule has 3 nitrogen and oxygen atoms in total. The Bertz CT molecular complexity index is 534. The van der Waals surface area contributed by atoms with Crippen molar-refractivity contribution >= 4 is 11.6 Å². The number of anilines is 1. The van der Waals surface area contributed by atoms with E-state index in [1.54, 1.807) is 12.1 Å². The number of hydrogen-bond donors (Lipinski definition) is 1. The second-order valence-corrected chi connectivity index (χ2v) is 4.48. The van der Waals surface area contributed by atoms with Crippen LogP contribution in [0.15, 0.2) is 54.6 Å². The van der Waals surface area contributed by atoms with E-state index in [4.69, 9.17) is 0 Å². The first-order chi connectivity index (χ1) is 9.16. The molecule has 98 valence electrons. The Kier molecular flexibility index (Phi) is 4.31. The quantitative estimate of drug-likeness (QED) is 0.673. The molecule has 0 saturated heterocycles. The van der Waals surface area contributed by atoms with Crippen LogP contribution < -0.4 is 5.06 Å². The molecule has 0 aliphatic rings. The molecule has 0 atom stereocenters. The third kappa shape index (κ3) is 3.66. The molecule has 0 saturated carbocycles. The van der Waals surface area contributed by atoms with Crippen molar-refractivity contribution in [3.8, 4) is 0 Å². The Labute approximate surface area is 113 Å². The predicted molar refractivity (Wildman–Crippen MR) is 75.2 cm³/mol. The number of amides is 1. The average molecular weight is 255 g/mol. The second kappa shape index (κ2) is 6.16. The average Bonchev–Trinajstić information content (AvgIpc) is 2.46. The summed E-state index contributed by atoms with van der Waals surface area (Å²) in [5.41, 5.74) is 2.99. The van der Waals surface area contributed by atoms with Crippen molar-refractivity contribution in [1.82, 2.24) is 0 Å². The fraction of sp³-hybridized carbons (Fsp3) is 0.188. The van der Waals surface area contributed by atoms with E-state index in [0.717, 1.165) is 12.8 Å². The van der Waals surface area contributed by atoms with Gasteiger partial charge < -0.3 is 0 Å². The van der Waals surface area contributed by atoms with Gasteiger partial charge in [0, 0.05) is 6.92 Å². The maximum atomic E-state index is 11.0. The van der Waals surface area contributed by atoms with E-state index in [9.17, 15) is 10.0 Å². The van der Waals surface area contributed by atoms with Crippen LogP contribution in [0.5, 0.6) is 0 Å². The molecule has 0 spiro atoms. The zero-order valence-electron chi connectivity index (χ0n) is 10.9. The summed E-state index contributed by atoms with van der Waals surface area (Å²) in [6.07, 6.45) is 1.92. The number of rotatable bonds is 4. The van der Waals surface area contributed by atoms with Crippen LogP contribution in [0.2, 0.25) is 0 Å². The van der Waals surface area contributed by atoms with Crippen molar-refractivity contribution in [1.29, 1.82) is 0 Å². The molecule has 2 rings (SSSR count). The molecule has 0 heterocycles. The molecule has 0 aliphatic heterocycles. The van der Waals surface area contributed by atoms with Crippen LogP contribution in [0.4, 0.5) is 5.69 Å². The van der Waals surface area contributed by atoms with Crippen LogP contribution in [-0.4, -0.2) is 11.1 Å². The minimum Gasteiger partial charge on any atom is -0.281 e. The smallest absolute Gasteiger partial charge is 0.247 e. The first-order valence-electron chi connectivity index (χ1n) is 6.29. The zero-order valence-corrected chi connectivity index (χ0v) is 10.9. The molecule has 0 bridgehead atoms. The van der Waals surface area contributed by atoms with E-state index in [-0.39, 0.29) is 0 Å². The normalized spacial score (nSPS) is 10.2. The summed E-state index contributed by atoms with van der Waals surface area (Å²) in [4.78, 5) is 11.0. The van der Waals surface area contributed by atoms with Crippen molar-refractivity contribution in [3.05, 3.63) is 65.7 Å². The highest BCUT2D eigenvalue weighted by molar-refractivity contribution is 5.88. The Morgan fingerprint density at radius 3 is 2.00 bits per heavy atom. The Hall–Kier alpha value is -2.13. The Morgan fingerprint density at radius 2 is 1.47 bits per heavy atom. The molecule has 2 aromatic carbocycles. The van der Waals surface area contributed by atoms with Crippen molar-refractivity contribution in [2.75, 3.05) is 5.06 Å². The third-order valence-corrected chi connectivity index (χ3v) is 3.02. The van der Waals surface area contributed by atoms with Crippen LogP contribution in [0.25, 0.3) is 0 Å². The van der Waals surface area contributed by atoms with Crippen molar-refractivity contribution in [3.63, 3.8) is 0 Å². The number of hydrogen-bond acceptors (Lipinski definition) is 2. The van der Waals surface area contributed by atoms with Crippen LogP contribution in [0.3, 0.4) is 0 Å². The van der Waals surface area contributed by atoms with Crippen molar-refractivity contribution < 1.29 is 10.0 Å². The van der Waals surface area contributed by atoms with Gasteiger partial charge in [-0.3, -0.25) is 10.0 Å². The number of carbonyl (C=O) groups is 1. The molecule has 19 heavy (non-hydrogen) atoms. The fourth-order valence-electron chi connectivity index (χ4n) is 1.92. The van der Waals surface area contributed by atoms with Gasteiger partial charge in [-0.15, -0.1) is 0 Å². The molecule has 3 heteroatoms. The van der Waals surface area contributed by atoms with Crippen molar-refractivity contribution in [2.45, 2.75) is 19.8 Å². The lowest BCUT2D eigenvalue weighted by molar-refractivity contribution is -0.121. The van der Waals surface area contributed by atoms with Gasteiger partial charge in [-0.05, 0) is 36.1 Å². The molecular formula is C16H17NO2. The van der Waals surface area contributed by atoms with Crippen LogP contribution in [0, 0.1) is 0 Å². The van der Waals surface area contributed by atoms with E-state index in [2.05, 4.69) is 12.1 Å². The molecule has 1 amide bonds. The summed E-state index contributed by atoms with van der Waals surface area (Å²) in [7, 11) is 0. The number of carbonyl (C=O) groups excluding carboxylic acids is 1. The van der Waals surface area contributed by atoms with Gasteiger partial charge in [0.15, 0.2) is 0 Å². The van der Waals surface area contributed by atoms with Crippen LogP contribution >= 0.6 is 0 Å². The number of nitrogens with zero attached hydrogens (tertiary/aromatic N) is 1. The molecule has 0 aromatic heterocycles. The molecule has 0 unspecified atom stereocenters. The maximum absolute atomic E-state index is 11.0. The molecule has 1 N–H and O–H groups in total. The Balaban J connectivity index is 1.97. The van der Waals surface area contributed by atoms with Crippen LogP contribution in [0.1, 0.15) is 18.1 Å². The summed E-state index contributed by atoms with van der Waals surface area (Å²) in [6.45, 7) is 1.32. The Morgan fingerprint density at radius 1 is 0.947 bits per heavy atom. The van der Waals surface area contributed by atoms with Gasteiger partial charge in [-0.1, -0.05) is 42.5 Å². The minimum absolute atomic E-state index is 0.392. The lowest BCUT2D eigenvalue weighted by atomic mass is 10.0. The third-order valence-electron chi connectivity index (χ3n) is 3.02. The van der Waals surface area contributed by atoms with Gasteiger partial charge in [0.25, 0.3) is 0 Å². The van der Waals surface area contributed by atoms with Gasteiger partial charge >= 0.3 is 0 Å². The van der Waals surface area contributed by atoms with Gasteiger partial charge in [-0.2, -0.15) is 5.06 Å². The van der Waals surface area contributed by atoms with E-state index in [0.29, 0.717) is 10.8 Å². The highest BCUT2D eigenvalue weighted by Crippen LogP contribution is 2.15. The van der Waals surface area contributed by atoms with E-state index in [1.807, 2.05) is 30.3 Å². The first kappa shape index (κ1) is 13.3. The fourth-order valence-corrected chi connectivity index (χ4v) is 1.92. The standard InChI is InChI=1S/C16H17NO2/c1-13(18)17(19)16-11-9-15(10-12-16)8-7-14-5-3-2-4-6-14/h2-6,9-12,19H,7-8H2,1H3. The van der Waals surface area contributed by atoms with E-state index < -0.39 is 5.91 Å². The summed E-state index contributed by atoms with van der Waals surface area (Å²) in [5.74, 6) is -0.392. The molecule has 0 fully saturated rings. The van der Waals surface area contributed by atoms with Crippen LogP contribution in [-0.2, 0) is 17.6 Å². The second-order valence-electron chi connectivity index (χ2n) is 4.48. The summed E-state index contributed by atoms with van der Waals surface area (Å²) in [6, 6.07) is 17.7. The molecular weight excluding hydrogens is 238 g/mol. The van der Waals surface area contributed by atoms with Gasteiger partial charge in [-0.25, -0.2) is 0 Å². The van der Waals surface area contributed by atoms with E-state index in [1.165, 1.54) is 18.1 Å². The molecule has 0 radical (unpaired) electrons. The molecule has 0 aliphatic carbocycles. The lowest BCUT2D eigenvalue weighted by Gasteiger charge is -2.12.